The van der Waals surface area contributed by atoms with Crippen molar-refractivity contribution in [1.29, 1.82) is 0 Å². The number of allylic oxidation sites excluding steroid dienone is 4. The van der Waals surface area contributed by atoms with Crippen LogP contribution in [0.2, 0.25) is 0 Å². The van der Waals surface area contributed by atoms with Crippen molar-refractivity contribution in [2.45, 2.75) is 78.1 Å². The third-order valence-electron chi connectivity index (χ3n) is 2.84. The van der Waals surface area contributed by atoms with E-state index in [2.05, 4.69) is 38.2 Å². The Hall–Kier alpha value is -0.520. The zero-order valence-corrected chi connectivity index (χ0v) is 11.4. The van der Waals surface area contributed by atoms with Crippen LogP contribution in [0.15, 0.2) is 24.3 Å². The largest absolute Gasteiger partial charge is 0.0848 e. The Labute approximate surface area is 103 Å². The smallest absolute Gasteiger partial charge is 0.0348 e. The van der Waals surface area contributed by atoms with E-state index in [1.807, 2.05) is 0 Å². The quantitative estimate of drug-likeness (QED) is 0.295. The molecule has 0 heteroatoms. The first-order chi connectivity index (χ1) is 7.91. The molecule has 0 heterocycles. The monoisotopic (exact) mass is 222 g/mol. The van der Waals surface area contributed by atoms with Gasteiger partial charge in [0.15, 0.2) is 0 Å². The highest BCUT2D eigenvalue weighted by molar-refractivity contribution is 5.01. The fourth-order valence-electron chi connectivity index (χ4n) is 1.79. The topological polar surface area (TPSA) is 0 Å². The van der Waals surface area contributed by atoms with Gasteiger partial charge in [-0.2, -0.15) is 0 Å². The molecule has 0 saturated heterocycles. The zero-order valence-electron chi connectivity index (χ0n) is 11.4. The minimum absolute atomic E-state index is 1.14. The van der Waals surface area contributed by atoms with E-state index < -0.39 is 0 Å². The molecule has 0 aromatic rings. The molecule has 0 aliphatic heterocycles. The van der Waals surface area contributed by atoms with Crippen molar-refractivity contribution in [1.82, 2.24) is 0 Å². The molecule has 16 heavy (non-hydrogen) atoms. The van der Waals surface area contributed by atoms with Crippen LogP contribution in [-0.4, -0.2) is 0 Å². The SMILES string of the molecule is CC/C=C/C=C/CCCCCCCCCC. The lowest BCUT2D eigenvalue weighted by molar-refractivity contribution is 0.577. The maximum atomic E-state index is 2.29. The van der Waals surface area contributed by atoms with E-state index in [0.717, 1.165) is 6.42 Å². The van der Waals surface area contributed by atoms with Gasteiger partial charge in [-0.15, -0.1) is 0 Å². The Bertz CT molecular complexity index is 165. The average molecular weight is 222 g/mol. The predicted octanol–water partition coefficient (Wildman–Crippen LogP) is 6.04. The lowest BCUT2D eigenvalue weighted by atomic mass is 10.1. The van der Waals surface area contributed by atoms with Gasteiger partial charge in [0.25, 0.3) is 0 Å². The Morgan fingerprint density at radius 2 is 1.19 bits per heavy atom. The van der Waals surface area contributed by atoms with E-state index in [0.29, 0.717) is 0 Å². The van der Waals surface area contributed by atoms with Crippen LogP contribution in [-0.2, 0) is 0 Å². The lowest BCUT2D eigenvalue weighted by Crippen LogP contribution is -1.79. The first-order valence-electron chi connectivity index (χ1n) is 7.23. The second-order valence-corrected chi connectivity index (χ2v) is 4.53. The van der Waals surface area contributed by atoms with Crippen molar-refractivity contribution < 1.29 is 0 Å². The highest BCUT2D eigenvalue weighted by Crippen LogP contribution is 2.09. The van der Waals surface area contributed by atoms with Gasteiger partial charge in [0.05, 0.1) is 0 Å². The average Bonchev–Trinajstić information content (AvgIpc) is 2.31. The minimum atomic E-state index is 1.14. The van der Waals surface area contributed by atoms with E-state index in [1.165, 1.54) is 57.8 Å². The third kappa shape index (κ3) is 13.5. The zero-order chi connectivity index (χ0) is 11.9. The van der Waals surface area contributed by atoms with Crippen LogP contribution in [0.3, 0.4) is 0 Å². The summed E-state index contributed by atoms with van der Waals surface area (Å²) in [6.07, 6.45) is 22.6. The summed E-state index contributed by atoms with van der Waals surface area (Å²) in [5, 5.41) is 0. The molecule has 0 amide bonds. The maximum absolute atomic E-state index is 2.29. The molecule has 0 unspecified atom stereocenters. The molecule has 0 radical (unpaired) electrons. The summed E-state index contributed by atoms with van der Waals surface area (Å²) >= 11 is 0. The fourth-order valence-corrected chi connectivity index (χ4v) is 1.79. The summed E-state index contributed by atoms with van der Waals surface area (Å²) in [6, 6.07) is 0. The molecule has 0 spiro atoms. The first kappa shape index (κ1) is 15.5. The Morgan fingerprint density at radius 1 is 0.625 bits per heavy atom. The molecular formula is C16H30. The third-order valence-corrected chi connectivity index (χ3v) is 2.84. The highest BCUT2D eigenvalue weighted by atomic mass is 14.0. The molecule has 0 atom stereocenters. The molecule has 0 fully saturated rings. The van der Waals surface area contributed by atoms with Crippen LogP contribution >= 0.6 is 0 Å². The van der Waals surface area contributed by atoms with E-state index in [9.17, 15) is 0 Å². The summed E-state index contributed by atoms with van der Waals surface area (Å²) in [4.78, 5) is 0. The van der Waals surface area contributed by atoms with Gasteiger partial charge in [0.2, 0.25) is 0 Å². The van der Waals surface area contributed by atoms with Gasteiger partial charge in [-0.25, -0.2) is 0 Å². The molecule has 94 valence electrons. The van der Waals surface area contributed by atoms with Crippen LogP contribution in [0.25, 0.3) is 0 Å². The van der Waals surface area contributed by atoms with Crippen LogP contribution in [0.1, 0.15) is 78.1 Å². The van der Waals surface area contributed by atoms with Gasteiger partial charge in [0.1, 0.15) is 0 Å². The number of hydrogen-bond acceptors (Lipinski definition) is 0. The van der Waals surface area contributed by atoms with E-state index in [1.54, 1.807) is 0 Å². The van der Waals surface area contributed by atoms with Crippen molar-refractivity contribution in [3.8, 4) is 0 Å². The van der Waals surface area contributed by atoms with Crippen LogP contribution in [0, 0.1) is 0 Å². The summed E-state index contributed by atoms with van der Waals surface area (Å²) in [7, 11) is 0. The van der Waals surface area contributed by atoms with Gasteiger partial charge >= 0.3 is 0 Å². The van der Waals surface area contributed by atoms with Gasteiger partial charge in [-0.3, -0.25) is 0 Å². The minimum Gasteiger partial charge on any atom is -0.0848 e. The van der Waals surface area contributed by atoms with Gasteiger partial charge in [-0.1, -0.05) is 83.1 Å². The van der Waals surface area contributed by atoms with E-state index in [4.69, 9.17) is 0 Å². The first-order valence-corrected chi connectivity index (χ1v) is 7.23. The number of hydrogen-bond donors (Lipinski definition) is 0. The Balaban J connectivity index is 3.03. The maximum Gasteiger partial charge on any atom is -0.0348 e. The van der Waals surface area contributed by atoms with Gasteiger partial charge in [-0.05, 0) is 19.3 Å². The second-order valence-electron chi connectivity index (χ2n) is 4.53. The van der Waals surface area contributed by atoms with Gasteiger partial charge < -0.3 is 0 Å². The number of unbranched alkanes of at least 4 members (excludes halogenated alkanes) is 8. The van der Waals surface area contributed by atoms with Gasteiger partial charge in [0, 0.05) is 0 Å². The Kier molecular flexibility index (Phi) is 14.0. The molecule has 0 aromatic carbocycles. The molecule has 0 N–H and O–H groups in total. The summed E-state index contributed by atoms with van der Waals surface area (Å²) in [5.41, 5.74) is 0. The Morgan fingerprint density at radius 3 is 1.81 bits per heavy atom. The van der Waals surface area contributed by atoms with Crippen molar-refractivity contribution in [3.05, 3.63) is 24.3 Å². The summed E-state index contributed by atoms with van der Waals surface area (Å²) in [5.74, 6) is 0. The molecule has 0 rings (SSSR count). The molecule has 0 saturated carbocycles. The second kappa shape index (κ2) is 14.5. The van der Waals surface area contributed by atoms with Crippen LogP contribution < -0.4 is 0 Å². The van der Waals surface area contributed by atoms with Crippen molar-refractivity contribution in [3.63, 3.8) is 0 Å². The number of rotatable bonds is 11. The van der Waals surface area contributed by atoms with Crippen molar-refractivity contribution in [2.75, 3.05) is 0 Å². The van der Waals surface area contributed by atoms with Crippen LogP contribution in [0.5, 0.6) is 0 Å². The highest BCUT2D eigenvalue weighted by Gasteiger charge is 1.89. The van der Waals surface area contributed by atoms with Crippen LogP contribution in [0.4, 0.5) is 0 Å². The van der Waals surface area contributed by atoms with E-state index >= 15 is 0 Å². The summed E-state index contributed by atoms with van der Waals surface area (Å²) in [6.45, 7) is 4.45. The standard InChI is InChI=1S/C16H30/c1-3-5-7-9-11-13-15-16-14-12-10-8-6-4-2/h5,7,9,11H,3-4,6,8,10,12-16H2,1-2H3/b7-5+,11-9+. The van der Waals surface area contributed by atoms with Crippen molar-refractivity contribution >= 4 is 0 Å². The normalized spacial score (nSPS) is 11.9. The fraction of sp³-hybridized carbons (Fsp3) is 0.750. The molecule has 0 aromatic heterocycles. The molecule has 0 bridgehead atoms. The lowest BCUT2D eigenvalue weighted by Gasteiger charge is -1.99. The molecule has 0 aliphatic carbocycles. The molecule has 0 nitrogen and oxygen atoms in total. The molecular weight excluding hydrogens is 192 g/mol. The van der Waals surface area contributed by atoms with E-state index in [-0.39, 0.29) is 0 Å². The molecule has 0 aliphatic rings. The summed E-state index contributed by atoms with van der Waals surface area (Å²) < 4.78 is 0. The van der Waals surface area contributed by atoms with Crippen molar-refractivity contribution in [2.24, 2.45) is 0 Å². The predicted molar refractivity (Wildman–Crippen MR) is 75.8 cm³/mol.